The van der Waals surface area contributed by atoms with Crippen LogP contribution in [0.5, 0.6) is 0 Å². The highest BCUT2D eigenvalue weighted by atomic mass is 35.5. The largest absolute Gasteiger partial charge is 0.327 e. The maximum Gasteiger partial charge on any atom is 0.279 e. The number of quaternary nitrogens is 1. The minimum absolute atomic E-state index is 0.0910. The molecule has 3 nitrogen and oxygen atoms in total. The number of rotatable bonds is 5. The Labute approximate surface area is 158 Å². The second kappa shape index (κ2) is 8.75. The normalized spacial score (nSPS) is 20.2. The molecule has 5 heteroatoms. The van der Waals surface area contributed by atoms with Gasteiger partial charge in [-0.15, -0.1) is 0 Å². The molecule has 1 aliphatic heterocycles. The highest BCUT2D eigenvalue weighted by Crippen LogP contribution is 2.33. The van der Waals surface area contributed by atoms with Crippen LogP contribution in [0.15, 0.2) is 58.3 Å². The minimum atomic E-state index is 0.0910. The fourth-order valence-corrected chi connectivity index (χ4v) is 4.30. The molecule has 2 aromatic rings. The van der Waals surface area contributed by atoms with Crippen molar-refractivity contribution in [3.8, 4) is 0 Å². The number of carbonyl (C=O) groups is 1. The quantitative estimate of drug-likeness (QED) is 0.834. The van der Waals surface area contributed by atoms with Crippen molar-refractivity contribution in [2.75, 3.05) is 25.0 Å². The minimum Gasteiger partial charge on any atom is -0.327 e. The van der Waals surface area contributed by atoms with Crippen molar-refractivity contribution in [3.63, 3.8) is 0 Å². The molecule has 2 atom stereocenters. The van der Waals surface area contributed by atoms with Crippen LogP contribution < -0.4 is 10.2 Å². The van der Waals surface area contributed by atoms with Gasteiger partial charge in [0.25, 0.3) is 5.91 Å². The number of nitrogens with one attached hydrogen (secondary N) is 2. The van der Waals surface area contributed by atoms with E-state index < -0.39 is 0 Å². The number of hydrogen-bond donors (Lipinski definition) is 2. The van der Waals surface area contributed by atoms with Crippen LogP contribution in [0, 0.1) is 5.92 Å². The predicted molar refractivity (Wildman–Crippen MR) is 105 cm³/mol. The Balaban J connectivity index is 1.64. The first kappa shape index (κ1) is 18.3. The van der Waals surface area contributed by atoms with E-state index in [0.717, 1.165) is 33.6 Å². The van der Waals surface area contributed by atoms with E-state index in [1.807, 2.05) is 48.5 Å². The molecule has 0 bridgehead atoms. The van der Waals surface area contributed by atoms with E-state index in [9.17, 15) is 4.79 Å². The summed E-state index contributed by atoms with van der Waals surface area (Å²) in [4.78, 5) is 16.0. The molecule has 1 unspecified atom stereocenters. The van der Waals surface area contributed by atoms with E-state index in [4.69, 9.17) is 11.6 Å². The van der Waals surface area contributed by atoms with Crippen molar-refractivity contribution >= 4 is 35.0 Å². The molecule has 1 saturated heterocycles. The highest BCUT2D eigenvalue weighted by molar-refractivity contribution is 7.99. The number of piperidine rings is 1. The van der Waals surface area contributed by atoms with Gasteiger partial charge in [-0.05, 0) is 49.2 Å². The maximum atomic E-state index is 12.5. The van der Waals surface area contributed by atoms with E-state index in [2.05, 4.69) is 12.2 Å². The topological polar surface area (TPSA) is 33.5 Å². The fraction of sp³-hybridized carbons (Fsp3) is 0.350. The van der Waals surface area contributed by atoms with Crippen molar-refractivity contribution in [2.45, 2.75) is 29.6 Å². The summed E-state index contributed by atoms with van der Waals surface area (Å²) in [5.74, 6) is 0.803. The van der Waals surface area contributed by atoms with Crippen LogP contribution in [-0.4, -0.2) is 25.5 Å². The van der Waals surface area contributed by atoms with Gasteiger partial charge >= 0.3 is 0 Å². The Bertz CT molecular complexity index is 720. The van der Waals surface area contributed by atoms with Gasteiger partial charge in [0.2, 0.25) is 0 Å². The van der Waals surface area contributed by atoms with Gasteiger partial charge in [0.15, 0.2) is 6.54 Å². The zero-order valence-corrected chi connectivity index (χ0v) is 16.0. The van der Waals surface area contributed by atoms with Crippen molar-refractivity contribution in [2.24, 2.45) is 5.92 Å². The SMILES string of the molecule is C[C@H]1CCC[NH+](CC(=O)Nc2ccccc2Sc2ccc(Cl)cc2)C1. The molecule has 25 heavy (non-hydrogen) atoms. The third kappa shape index (κ3) is 5.50. The lowest BCUT2D eigenvalue weighted by molar-refractivity contribution is -0.900. The van der Waals surface area contributed by atoms with Gasteiger partial charge in [-0.2, -0.15) is 0 Å². The summed E-state index contributed by atoms with van der Waals surface area (Å²) in [6.07, 6.45) is 2.50. The molecule has 3 rings (SSSR count). The Kier molecular flexibility index (Phi) is 6.40. The number of halogens is 1. The Morgan fingerprint density at radius 3 is 2.76 bits per heavy atom. The van der Waals surface area contributed by atoms with Crippen LogP contribution >= 0.6 is 23.4 Å². The average molecular weight is 376 g/mol. The van der Waals surface area contributed by atoms with Gasteiger partial charge in [-0.25, -0.2) is 0 Å². The van der Waals surface area contributed by atoms with Crippen molar-refractivity contribution in [1.29, 1.82) is 0 Å². The molecule has 132 valence electrons. The predicted octanol–water partition coefficient (Wildman–Crippen LogP) is 3.74. The number of hydrogen-bond acceptors (Lipinski definition) is 2. The summed E-state index contributed by atoms with van der Waals surface area (Å²) in [5, 5.41) is 3.82. The number of likely N-dealkylation sites (tertiary alicyclic amines) is 1. The summed E-state index contributed by atoms with van der Waals surface area (Å²) in [5.41, 5.74) is 0.872. The fourth-order valence-electron chi connectivity index (χ4n) is 3.27. The van der Waals surface area contributed by atoms with Crippen molar-refractivity contribution < 1.29 is 9.69 Å². The Morgan fingerprint density at radius 2 is 2.00 bits per heavy atom. The summed E-state index contributed by atoms with van der Waals surface area (Å²) in [6.45, 7) is 5.01. The van der Waals surface area contributed by atoms with E-state index in [1.165, 1.54) is 17.7 Å². The maximum absolute atomic E-state index is 12.5. The molecular weight excluding hydrogens is 352 g/mol. The first-order chi connectivity index (χ1) is 12.1. The lowest BCUT2D eigenvalue weighted by atomic mass is 10.0. The van der Waals surface area contributed by atoms with Crippen LogP contribution in [-0.2, 0) is 4.79 Å². The van der Waals surface area contributed by atoms with Gasteiger partial charge < -0.3 is 10.2 Å². The van der Waals surface area contributed by atoms with E-state index in [1.54, 1.807) is 11.8 Å². The molecule has 2 aromatic carbocycles. The molecule has 0 radical (unpaired) electrons. The summed E-state index contributed by atoms with van der Waals surface area (Å²) in [7, 11) is 0. The smallest absolute Gasteiger partial charge is 0.279 e. The molecule has 1 amide bonds. The highest BCUT2D eigenvalue weighted by Gasteiger charge is 2.22. The Morgan fingerprint density at radius 1 is 1.24 bits per heavy atom. The zero-order valence-electron chi connectivity index (χ0n) is 14.4. The average Bonchev–Trinajstić information content (AvgIpc) is 2.58. The van der Waals surface area contributed by atoms with E-state index in [-0.39, 0.29) is 5.91 Å². The third-order valence-electron chi connectivity index (χ3n) is 4.48. The number of anilines is 1. The molecule has 1 heterocycles. The van der Waals surface area contributed by atoms with Crippen LogP contribution in [0.2, 0.25) is 5.02 Å². The lowest BCUT2D eigenvalue weighted by Crippen LogP contribution is -3.14. The summed E-state index contributed by atoms with van der Waals surface area (Å²) < 4.78 is 0. The molecule has 0 aromatic heterocycles. The molecule has 1 aliphatic rings. The number of amides is 1. The Hall–Kier alpha value is -1.49. The lowest BCUT2D eigenvalue weighted by Gasteiger charge is -2.27. The third-order valence-corrected chi connectivity index (χ3v) is 5.81. The number of benzene rings is 2. The van der Waals surface area contributed by atoms with Gasteiger partial charge in [0.1, 0.15) is 0 Å². The molecular formula is C20H24ClN2OS+. The van der Waals surface area contributed by atoms with Gasteiger partial charge in [-0.3, -0.25) is 4.79 Å². The van der Waals surface area contributed by atoms with Crippen LogP contribution in [0.4, 0.5) is 5.69 Å². The van der Waals surface area contributed by atoms with Gasteiger partial charge in [0, 0.05) is 20.7 Å². The molecule has 0 aliphatic carbocycles. The zero-order chi connectivity index (χ0) is 17.6. The van der Waals surface area contributed by atoms with E-state index in [0.29, 0.717) is 12.5 Å². The summed E-state index contributed by atoms with van der Waals surface area (Å²) in [6, 6.07) is 15.7. The van der Waals surface area contributed by atoms with Crippen molar-refractivity contribution in [3.05, 3.63) is 53.6 Å². The molecule has 2 N–H and O–H groups in total. The first-order valence-corrected chi connectivity index (χ1v) is 9.95. The first-order valence-electron chi connectivity index (χ1n) is 8.76. The summed E-state index contributed by atoms with van der Waals surface area (Å²) >= 11 is 7.58. The van der Waals surface area contributed by atoms with Crippen molar-refractivity contribution in [1.82, 2.24) is 0 Å². The van der Waals surface area contributed by atoms with E-state index >= 15 is 0 Å². The van der Waals surface area contributed by atoms with Gasteiger partial charge in [-0.1, -0.05) is 42.4 Å². The van der Waals surface area contributed by atoms with Crippen LogP contribution in [0.3, 0.4) is 0 Å². The second-order valence-electron chi connectivity index (χ2n) is 6.73. The molecule has 0 saturated carbocycles. The molecule has 0 spiro atoms. The number of carbonyl (C=O) groups excluding carboxylic acids is 1. The van der Waals surface area contributed by atoms with Gasteiger partial charge in [0.05, 0.1) is 18.8 Å². The molecule has 1 fully saturated rings. The van der Waals surface area contributed by atoms with Crippen LogP contribution in [0.1, 0.15) is 19.8 Å². The number of para-hydroxylation sites is 1. The monoisotopic (exact) mass is 375 g/mol. The standard InChI is InChI=1S/C20H23ClN2OS/c1-15-5-4-12-23(13-15)14-20(24)22-18-6-2-3-7-19(18)25-17-10-8-16(21)9-11-17/h2-3,6-11,15H,4-5,12-14H2,1H3,(H,22,24)/p+1/t15-/m0/s1. The second-order valence-corrected chi connectivity index (χ2v) is 8.28. The van der Waals surface area contributed by atoms with Crippen LogP contribution in [0.25, 0.3) is 0 Å².